The van der Waals surface area contributed by atoms with E-state index < -0.39 is 50.7 Å². The Hall–Kier alpha value is -0.760. The van der Waals surface area contributed by atoms with Gasteiger partial charge in [0.2, 0.25) is 0 Å². The molecule has 28 heavy (non-hydrogen) atoms. The van der Waals surface area contributed by atoms with E-state index in [9.17, 15) is 18.7 Å². The molecule has 1 fully saturated rings. The van der Waals surface area contributed by atoms with Gasteiger partial charge in [-0.25, -0.2) is 0 Å². The standard InChI is InChI=1S/C16H30O10P2/c1-7-21-27(19,22-8-2)13(28(20,23-9-3)24-10-4)11-12-14(17)25-16(5,6)26-15(12)18/h12-13H,7-11H2,1-6H3. The van der Waals surface area contributed by atoms with E-state index in [0.29, 0.717) is 0 Å². The fraction of sp³-hybridized carbons (Fsp3) is 0.875. The van der Waals surface area contributed by atoms with E-state index in [2.05, 4.69) is 0 Å². The van der Waals surface area contributed by atoms with E-state index in [0.717, 1.165) is 0 Å². The van der Waals surface area contributed by atoms with Crippen molar-refractivity contribution in [2.45, 2.75) is 59.2 Å². The molecule has 1 saturated heterocycles. The van der Waals surface area contributed by atoms with Crippen molar-refractivity contribution in [1.29, 1.82) is 0 Å². The maximum Gasteiger partial charge on any atom is 0.345 e. The number of carbonyl (C=O) groups is 2. The first kappa shape index (κ1) is 25.3. The molecule has 1 aliphatic heterocycles. The summed E-state index contributed by atoms with van der Waals surface area (Å²) in [4.78, 5) is 24.8. The smallest absolute Gasteiger partial charge is 0.345 e. The molecule has 0 saturated carbocycles. The van der Waals surface area contributed by atoms with Crippen LogP contribution in [0.1, 0.15) is 48.0 Å². The van der Waals surface area contributed by atoms with E-state index in [1.807, 2.05) is 0 Å². The number of ether oxygens (including phenoxy) is 2. The molecule has 1 aliphatic rings. The maximum atomic E-state index is 13.4. The quantitative estimate of drug-likeness (QED) is 0.250. The Morgan fingerprint density at radius 3 is 1.43 bits per heavy atom. The van der Waals surface area contributed by atoms with Gasteiger partial charge in [-0.3, -0.25) is 18.7 Å². The molecular formula is C16H30O10P2. The molecule has 10 nitrogen and oxygen atoms in total. The third-order valence-electron chi connectivity index (χ3n) is 3.67. The van der Waals surface area contributed by atoms with Crippen LogP contribution in [0.4, 0.5) is 0 Å². The summed E-state index contributed by atoms with van der Waals surface area (Å²) in [5, 5.41) is -1.51. The van der Waals surface area contributed by atoms with Gasteiger partial charge in [-0.2, -0.15) is 0 Å². The average Bonchev–Trinajstić information content (AvgIpc) is 2.53. The van der Waals surface area contributed by atoms with Crippen LogP contribution in [-0.2, 0) is 46.3 Å². The zero-order valence-electron chi connectivity index (χ0n) is 17.2. The highest BCUT2D eigenvalue weighted by Crippen LogP contribution is 2.72. The minimum atomic E-state index is -4.09. The second-order valence-corrected chi connectivity index (χ2v) is 11.1. The van der Waals surface area contributed by atoms with Crippen molar-refractivity contribution in [3.63, 3.8) is 0 Å². The Bertz CT molecular complexity index is 577. The van der Waals surface area contributed by atoms with Crippen LogP contribution >= 0.6 is 15.2 Å². The number of cyclic esters (lactones) is 2. The number of carbonyl (C=O) groups excluding carboxylic acids is 2. The Kier molecular flexibility index (Phi) is 9.32. The lowest BCUT2D eigenvalue weighted by Crippen LogP contribution is -2.47. The zero-order chi connectivity index (χ0) is 21.6. The molecule has 0 aromatic rings. The van der Waals surface area contributed by atoms with Crippen molar-refractivity contribution in [3.8, 4) is 0 Å². The van der Waals surface area contributed by atoms with Gasteiger partial charge in [-0.15, -0.1) is 0 Å². The fourth-order valence-corrected chi connectivity index (χ4v) is 8.12. The fourth-order valence-electron chi connectivity index (χ4n) is 2.72. The highest BCUT2D eigenvalue weighted by atomic mass is 31.2. The van der Waals surface area contributed by atoms with Crippen molar-refractivity contribution in [3.05, 3.63) is 0 Å². The van der Waals surface area contributed by atoms with Crippen LogP contribution in [0.2, 0.25) is 0 Å². The Morgan fingerprint density at radius 1 is 0.821 bits per heavy atom. The lowest BCUT2D eigenvalue weighted by molar-refractivity contribution is -0.240. The largest absolute Gasteiger partial charge is 0.422 e. The third-order valence-corrected chi connectivity index (χ3v) is 9.73. The Labute approximate surface area is 165 Å². The summed E-state index contributed by atoms with van der Waals surface area (Å²) in [6.45, 7) is 9.09. The molecule has 164 valence electrons. The molecule has 1 heterocycles. The molecule has 0 aliphatic carbocycles. The van der Waals surface area contributed by atoms with Crippen molar-refractivity contribution in [1.82, 2.24) is 0 Å². The van der Waals surface area contributed by atoms with Gasteiger partial charge in [0.25, 0.3) is 5.79 Å². The van der Waals surface area contributed by atoms with Gasteiger partial charge in [0.1, 0.15) is 0 Å². The molecule has 0 aromatic carbocycles. The molecule has 0 aromatic heterocycles. The van der Waals surface area contributed by atoms with Crippen LogP contribution in [0.15, 0.2) is 0 Å². The van der Waals surface area contributed by atoms with Gasteiger partial charge >= 0.3 is 27.1 Å². The summed E-state index contributed by atoms with van der Waals surface area (Å²) in [5.74, 6) is -4.66. The maximum absolute atomic E-state index is 13.4. The zero-order valence-corrected chi connectivity index (χ0v) is 19.0. The SMILES string of the molecule is CCOP(=O)(OCC)C(CC1C(=O)OC(C)(C)OC1=O)P(=O)(OCC)OCC. The van der Waals surface area contributed by atoms with Crippen LogP contribution < -0.4 is 0 Å². The highest BCUT2D eigenvalue weighted by molar-refractivity contribution is 7.72. The van der Waals surface area contributed by atoms with Crippen LogP contribution in [-0.4, -0.2) is 49.6 Å². The van der Waals surface area contributed by atoms with Crippen molar-refractivity contribution in [2.75, 3.05) is 26.4 Å². The monoisotopic (exact) mass is 444 g/mol. The molecule has 0 atom stereocenters. The summed E-state index contributed by atoms with van der Waals surface area (Å²) in [5.41, 5.74) is 0. The molecule has 0 radical (unpaired) electrons. The normalized spacial score (nSPS) is 18.2. The van der Waals surface area contributed by atoms with Crippen LogP contribution in [0, 0.1) is 5.92 Å². The van der Waals surface area contributed by atoms with Crippen molar-refractivity contribution in [2.24, 2.45) is 5.92 Å². The molecule has 0 unspecified atom stereocenters. The van der Waals surface area contributed by atoms with Crippen LogP contribution in [0.3, 0.4) is 0 Å². The molecule has 12 heteroatoms. The summed E-state index contributed by atoms with van der Waals surface area (Å²) in [7, 11) is -8.18. The lowest BCUT2D eigenvalue weighted by atomic mass is 10.1. The predicted molar refractivity (Wildman–Crippen MR) is 99.9 cm³/mol. The molecular weight excluding hydrogens is 414 g/mol. The third kappa shape index (κ3) is 6.12. The van der Waals surface area contributed by atoms with Crippen LogP contribution in [0.5, 0.6) is 0 Å². The number of esters is 2. The number of hydrogen-bond donors (Lipinski definition) is 0. The Morgan fingerprint density at radius 2 is 1.14 bits per heavy atom. The molecule has 1 rings (SSSR count). The first-order chi connectivity index (χ1) is 13.0. The minimum absolute atomic E-state index is 0.0153. The van der Waals surface area contributed by atoms with E-state index in [1.54, 1.807) is 27.7 Å². The van der Waals surface area contributed by atoms with Crippen molar-refractivity contribution >= 4 is 27.1 Å². The van der Waals surface area contributed by atoms with Gasteiger partial charge in [0, 0.05) is 13.8 Å². The van der Waals surface area contributed by atoms with E-state index >= 15 is 0 Å². The lowest BCUT2D eigenvalue weighted by Gasteiger charge is -2.36. The second-order valence-electron chi connectivity index (χ2n) is 6.26. The summed E-state index contributed by atoms with van der Waals surface area (Å²) < 4.78 is 58.4. The topological polar surface area (TPSA) is 124 Å². The van der Waals surface area contributed by atoms with E-state index in [4.69, 9.17) is 27.6 Å². The average molecular weight is 444 g/mol. The van der Waals surface area contributed by atoms with Gasteiger partial charge in [0.15, 0.2) is 11.3 Å². The highest BCUT2D eigenvalue weighted by Gasteiger charge is 2.55. The minimum Gasteiger partial charge on any atom is -0.422 e. The first-order valence-corrected chi connectivity index (χ1v) is 12.4. The number of rotatable bonds is 12. The van der Waals surface area contributed by atoms with Gasteiger partial charge in [0.05, 0.1) is 26.4 Å². The summed E-state index contributed by atoms with van der Waals surface area (Å²) in [6, 6.07) is 0. The number of hydrogen-bond acceptors (Lipinski definition) is 10. The van der Waals surface area contributed by atoms with Gasteiger partial charge < -0.3 is 27.6 Å². The van der Waals surface area contributed by atoms with Gasteiger partial charge in [-0.05, 0) is 34.1 Å². The van der Waals surface area contributed by atoms with Gasteiger partial charge in [-0.1, -0.05) is 0 Å². The predicted octanol–water partition coefficient (Wildman–Crippen LogP) is 3.69. The second kappa shape index (κ2) is 10.3. The molecule has 0 bridgehead atoms. The van der Waals surface area contributed by atoms with Crippen molar-refractivity contribution < 1.29 is 46.3 Å². The summed E-state index contributed by atoms with van der Waals surface area (Å²) in [6.07, 6.45) is -0.498. The summed E-state index contributed by atoms with van der Waals surface area (Å²) >= 11 is 0. The Balaban J connectivity index is 3.38. The van der Waals surface area contributed by atoms with Crippen LogP contribution in [0.25, 0.3) is 0 Å². The molecule has 0 amide bonds. The van der Waals surface area contributed by atoms with E-state index in [-0.39, 0.29) is 26.4 Å². The first-order valence-electron chi connectivity index (χ1n) is 9.21. The molecule has 0 N–H and O–H groups in total. The molecule has 0 spiro atoms. The van der Waals surface area contributed by atoms with E-state index in [1.165, 1.54) is 13.8 Å².